The van der Waals surface area contributed by atoms with E-state index in [0.717, 1.165) is 26.1 Å². The number of carbonyl (C=O) groups excluding carboxylic acids is 1. The molecular formula is C16H33N3O2. The number of nitrogens with zero attached hydrogens (tertiary/aromatic N) is 2. The van der Waals surface area contributed by atoms with Crippen LogP contribution in [0.25, 0.3) is 0 Å². The van der Waals surface area contributed by atoms with E-state index in [1.165, 1.54) is 19.4 Å². The molecule has 1 rings (SSSR count). The maximum Gasteiger partial charge on any atom is 0.410 e. The molecule has 0 bridgehead atoms. The van der Waals surface area contributed by atoms with Crippen LogP contribution in [0.4, 0.5) is 4.79 Å². The summed E-state index contributed by atoms with van der Waals surface area (Å²) in [5.74, 6) is 0. The van der Waals surface area contributed by atoms with Crippen molar-refractivity contribution < 1.29 is 9.53 Å². The van der Waals surface area contributed by atoms with Gasteiger partial charge in [-0.05, 0) is 67.1 Å². The van der Waals surface area contributed by atoms with E-state index in [9.17, 15) is 4.79 Å². The van der Waals surface area contributed by atoms with Crippen molar-refractivity contribution >= 4 is 6.09 Å². The fourth-order valence-corrected chi connectivity index (χ4v) is 2.61. The molecule has 1 aliphatic rings. The number of piperidine rings is 1. The summed E-state index contributed by atoms with van der Waals surface area (Å²) in [5, 5.41) is 3.60. The summed E-state index contributed by atoms with van der Waals surface area (Å²) in [4.78, 5) is 16.2. The highest BCUT2D eigenvalue weighted by Gasteiger charge is 2.21. The molecule has 0 spiro atoms. The highest BCUT2D eigenvalue weighted by molar-refractivity contribution is 5.68. The molecule has 0 saturated carbocycles. The molecule has 1 heterocycles. The highest BCUT2D eigenvalue weighted by atomic mass is 16.6. The van der Waals surface area contributed by atoms with Crippen LogP contribution in [-0.4, -0.2) is 67.3 Å². The minimum atomic E-state index is -0.421. The summed E-state index contributed by atoms with van der Waals surface area (Å²) in [6.07, 6.45) is 3.29. The highest BCUT2D eigenvalue weighted by Crippen LogP contribution is 2.10. The molecule has 0 aliphatic carbocycles. The van der Waals surface area contributed by atoms with Crippen LogP contribution < -0.4 is 5.32 Å². The molecule has 1 N–H and O–H groups in total. The number of likely N-dealkylation sites (tertiary alicyclic amines) is 1. The maximum atomic E-state index is 12.0. The fraction of sp³-hybridized carbons (Fsp3) is 0.938. The van der Waals surface area contributed by atoms with Gasteiger partial charge in [-0.25, -0.2) is 4.79 Å². The van der Waals surface area contributed by atoms with Gasteiger partial charge in [-0.3, -0.25) is 0 Å². The van der Waals surface area contributed by atoms with Gasteiger partial charge in [0, 0.05) is 25.7 Å². The number of ether oxygens (including phenoxy) is 1. The van der Waals surface area contributed by atoms with Gasteiger partial charge in [0.2, 0.25) is 0 Å². The minimum Gasteiger partial charge on any atom is -0.444 e. The average molecular weight is 299 g/mol. The maximum absolute atomic E-state index is 12.0. The van der Waals surface area contributed by atoms with E-state index >= 15 is 0 Å². The van der Waals surface area contributed by atoms with E-state index in [2.05, 4.69) is 17.3 Å². The van der Waals surface area contributed by atoms with Gasteiger partial charge in [-0.1, -0.05) is 0 Å². The van der Waals surface area contributed by atoms with Crippen molar-refractivity contribution in [2.45, 2.75) is 58.6 Å². The molecule has 0 aromatic carbocycles. The number of amides is 1. The molecule has 1 unspecified atom stereocenters. The third-order valence-corrected chi connectivity index (χ3v) is 3.70. The van der Waals surface area contributed by atoms with Crippen LogP contribution in [0.5, 0.6) is 0 Å². The molecule has 21 heavy (non-hydrogen) atoms. The van der Waals surface area contributed by atoms with Gasteiger partial charge in [0.05, 0.1) is 0 Å². The second-order valence-corrected chi connectivity index (χ2v) is 6.97. The Morgan fingerprint density at radius 2 is 2.14 bits per heavy atom. The first kappa shape index (κ1) is 18.2. The molecule has 0 aromatic rings. The molecule has 1 aliphatic heterocycles. The summed E-state index contributed by atoms with van der Waals surface area (Å²) >= 11 is 0. The first-order valence-corrected chi connectivity index (χ1v) is 8.21. The van der Waals surface area contributed by atoms with E-state index in [0.29, 0.717) is 12.6 Å². The van der Waals surface area contributed by atoms with Crippen LogP contribution in [0.1, 0.15) is 47.0 Å². The zero-order valence-corrected chi connectivity index (χ0v) is 14.4. The lowest BCUT2D eigenvalue weighted by Gasteiger charge is -2.31. The quantitative estimate of drug-likeness (QED) is 0.765. The molecule has 1 amide bonds. The third kappa shape index (κ3) is 7.67. The minimum absolute atomic E-state index is 0.206. The van der Waals surface area contributed by atoms with Crippen molar-refractivity contribution in [3.8, 4) is 0 Å². The van der Waals surface area contributed by atoms with Crippen LogP contribution in [0.2, 0.25) is 0 Å². The van der Waals surface area contributed by atoms with Crippen molar-refractivity contribution in [1.29, 1.82) is 0 Å². The predicted molar refractivity (Wildman–Crippen MR) is 86.6 cm³/mol. The molecule has 124 valence electrons. The van der Waals surface area contributed by atoms with Crippen LogP contribution in [0.15, 0.2) is 0 Å². The molecule has 0 radical (unpaired) electrons. The van der Waals surface area contributed by atoms with Crippen molar-refractivity contribution in [3.05, 3.63) is 0 Å². The number of nitrogens with one attached hydrogen (secondary N) is 1. The van der Waals surface area contributed by atoms with Gasteiger partial charge in [-0.2, -0.15) is 0 Å². The Hall–Kier alpha value is -0.810. The van der Waals surface area contributed by atoms with E-state index < -0.39 is 5.60 Å². The molecule has 1 fully saturated rings. The lowest BCUT2D eigenvalue weighted by molar-refractivity contribution is 0.0258. The molecule has 5 nitrogen and oxygen atoms in total. The Labute approximate surface area is 130 Å². The van der Waals surface area contributed by atoms with Crippen LogP contribution >= 0.6 is 0 Å². The monoisotopic (exact) mass is 299 g/mol. The van der Waals surface area contributed by atoms with E-state index in [1.807, 2.05) is 27.7 Å². The molecule has 5 heteroatoms. The van der Waals surface area contributed by atoms with E-state index in [-0.39, 0.29) is 6.09 Å². The fourth-order valence-electron chi connectivity index (χ4n) is 2.61. The third-order valence-electron chi connectivity index (χ3n) is 3.70. The number of hydrogen-bond donors (Lipinski definition) is 1. The zero-order valence-electron chi connectivity index (χ0n) is 14.4. The van der Waals surface area contributed by atoms with Gasteiger partial charge >= 0.3 is 6.09 Å². The zero-order chi connectivity index (χ0) is 15.9. The topological polar surface area (TPSA) is 44.8 Å². The number of hydrogen-bond acceptors (Lipinski definition) is 4. The first-order chi connectivity index (χ1) is 9.81. The average Bonchev–Trinajstić information content (AvgIpc) is 2.36. The standard InChI is InChI=1S/C16H33N3O2/c1-6-19(15(20)21-16(2,3)4)12-8-10-17-14-9-7-11-18(5)13-14/h14,17H,6-13H2,1-5H3. The van der Waals surface area contributed by atoms with Gasteiger partial charge in [0.25, 0.3) is 0 Å². The van der Waals surface area contributed by atoms with Crippen molar-refractivity contribution in [1.82, 2.24) is 15.1 Å². The smallest absolute Gasteiger partial charge is 0.410 e. The van der Waals surface area contributed by atoms with Crippen molar-refractivity contribution in [3.63, 3.8) is 0 Å². The summed E-state index contributed by atoms with van der Waals surface area (Å²) in [6.45, 7) is 12.4. The van der Waals surface area contributed by atoms with Crippen LogP contribution in [-0.2, 0) is 4.74 Å². The van der Waals surface area contributed by atoms with Crippen LogP contribution in [0, 0.1) is 0 Å². The van der Waals surface area contributed by atoms with Gasteiger partial charge in [0.1, 0.15) is 5.60 Å². The van der Waals surface area contributed by atoms with Gasteiger partial charge < -0.3 is 19.9 Å². The molecule has 1 saturated heterocycles. The molecule has 1 atom stereocenters. The van der Waals surface area contributed by atoms with Gasteiger partial charge in [-0.15, -0.1) is 0 Å². The number of likely N-dealkylation sites (N-methyl/N-ethyl adjacent to an activating group) is 1. The Balaban J connectivity index is 2.21. The summed E-state index contributed by atoms with van der Waals surface area (Å²) < 4.78 is 5.41. The normalized spacial score (nSPS) is 20.3. The molecule has 0 aromatic heterocycles. The van der Waals surface area contributed by atoms with E-state index in [4.69, 9.17) is 4.74 Å². The Morgan fingerprint density at radius 3 is 2.71 bits per heavy atom. The number of carbonyl (C=O) groups is 1. The summed E-state index contributed by atoms with van der Waals surface area (Å²) in [7, 11) is 2.18. The van der Waals surface area contributed by atoms with E-state index in [1.54, 1.807) is 4.90 Å². The Bertz CT molecular complexity index is 315. The summed E-state index contributed by atoms with van der Waals surface area (Å²) in [6, 6.07) is 0.598. The largest absolute Gasteiger partial charge is 0.444 e. The first-order valence-electron chi connectivity index (χ1n) is 8.21. The summed E-state index contributed by atoms with van der Waals surface area (Å²) in [5.41, 5.74) is -0.421. The lowest BCUT2D eigenvalue weighted by Crippen LogP contribution is -2.45. The Morgan fingerprint density at radius 1 is 1.43 bits per heavy atom. The second-order valence-electron chi connectivity index (χ2n) is 6.97. The lowest BCUT2D eigenvalue weighted by atomic mass is 10.1. The van der Waals surface area contributed by atoms with Gasteiger partial charge in [0.15, 0.2) is 0 Å². The van der Waals surface area contributed by atoms with Crippen molar-refractivity contribution in [2.24, 2.45) is 0 Å². The van der Waals surface area contributed by atoms with Crippen LogP contribution in [0.3, 0.4) is 0 Å². The molecular weight excluding hydrogens is 266 g/mol. The Kier molecular flexibility index (Phi) is 7.46. The SMILES string of the molecule is CCN(CCCNC1CCCN(C)C1)C(=O)OC(C)(C)C. The second kappa shape index (κ2) is 8.59. The predicted octanol–water partition coefficient (Wildman–Crippen LogP) is 2.32. The van der Waals surface area contributed by atoms with Crippen molar-refractivity contribution in [2.75, 3.05) is 39.8 Å². The number of rotatable bonds is 6.